The molecular weight excluding hydrogens is 198 g/mol. The maximum atomic E-state index is 10.3. The van der Waals surface area contributed by atoms with Crippen LogP contribution in [0.25, 0.3) is 0 Å². The summed E-state index contributed by atoms with van der Waals surface area (Å²) >= 11 is 0. The van der Waals surface area contributed by atoms with Gasteiger partial charge in [0, 0.05) is 0 Å². The van der Waals surface area contributed by atoms with E-state index in [-0.39, 0.29) is 11.3 Å². The van der Waals surface area contributed by atoms with Crippen LogP contribution in [-0.4, -0.2) is 11.7 Å². The number of aliphatic hydroxyl groups is 1. The fraction of sp³-hybridized carbons (Fsp3) is 0.571. The second-order valence-corrected chi connectivity index (χ2v) is 5.50. The van der Waals surface area contributed by atoms with Gasteiger partial charge >= 0.3 is 0 Å². The molecule has 0 aliphatic heterocycles. The Morgan fingerprint density at radius 2 is 1.81 bits per heavy atom. The van der Waals surface area contributed by atoms with E-state index in [4.69, 9.17) is 5.73 Å². The van der Waals surface area contributed by atoms with Crippen molar-refractivity contribution >= 4 is 0 Å². The zero-order valence-electron chi connectivity index (χ0n) is 10.7. The molecule has 0 aromatic heterocycles. The Balaban J connectivity index is 3.13. The van der Waals surface area contributed by atoms with E-state index in [0.29, 0.717) is 6.54 Å². The molecule has 0 spiro atoms. The predicted octanol–water partition coefficient (Wildman–Crippen LogP) is 2.61. The van der Waals surface area contributed by atoms with Crippen LogP contribution in [0.4, 0.5) is 0 Å². The SMILES string of the molecule is CC(CN)C(O)c1ccccc1C(C)(C)C. The second-order valence-electron chi connectivity index (χ2n) is 5.50. The lowest BCUT2D eigenvalue weighted by Crippen LogP contribution is -2.23. The Morgan fingerprint density at radius 3 is 2.31 bits per heavy atom. The lowest BCUT2D eigenvalue weighted by atomic mass is 9.80. The molecule has 0 bridgehead atoms. The number of hydrogen-bond acceptors (Lipinski definition) is 2. The van der Waals surface area contributed by atoms with E-state index in [1.54, 1.807) is 0 Å². The van der Waals surface area contributed by atoms with E-state index in [1.807, 2.05) is 25.1 Å². The Morgan fingerprint density at radius 1 is 1.25 bits per heavy atom. The van der Waals surface area contributed by atoms with Crippen LogP contribution in [0, 0.1) is 5.92 Å². The lowest BCUT2D eigenvalue weighted by Gasteiger charge is -2.27. The highest BCUT2D eigenvalue weighted by molar-refractivity contribution is 5.34. The van der Waals surface area contributed by atoms with Gasteiger partial charge < -0.3 is 10.8 Å². The molecule has 0 radical (unpaired) electrons. The molecular formula is C14H23NO. The van der Waals surface area contributed by atoms with Crippen LogP contribution in [0.2, 0.25) is 0 Å². The molecule has 1 aromatic rings. The fourth-order valence-electron chi connectivity index (χ4n) is 1.87. The maximum Gasteiger partial charge on any atom is 0.0830 e. The molecule has 2 unspecified atom stereocenters. The van der Waals surface area contributed by atoms with Gasteiger partial charge in [-0.3, -0.25) is 0 Å². The summed E-state index contributed by atoms with van der Waals surface area (Å²) in [6.07, 6.45) is -0.472. The van der Waals surface area contributed by atoms with Crippen molar-refractivity contribution < 1.29 is 5.11 Å². The molecule has 0 amide bonds. The fourth-order valence-corrected chi connectivity index (χ4v) is 1.87. The number of hydrogen-bond donors (Lipinski definition) is 2. The highest BCUT2D eigenvalue weighted by atomic mass is 16.3. The molecule has 0 saturated heterocycles. The van der Waals surface area contributed by atoms with Crippen LogP contribution in [-0.2, 0) is 5.41 Å². The van der Waals surface area contributed by atoms with Gasteiger partial charge in [0.05, 0.1) is 6.10 Å². The van der Waals surface area contributed by atoms with Gasteiger partial charge in [0.15, 0.2) is 0 Å². The normalized spacial score (nSPS) is 15.9. The van der Waals surface area contributed by atoms with Crippen molar-refractivity contribution in [2.45, 2.75) is 39.2 Å². The standard InChI is InChI=1S/C14H23NO/c1-10(9-15)13(16)11-7-5-6-8-12(11)14(2,3)4/h5-8,10,13,16H,9,15H2,1-4H3. The summed E-state index contributed by atoms with van der Waals surface area (Å²) in [5.41, 5.74) is 7.86. The van der Waals surface area contributed by atoms with Gasteiger partial charge in [-0.05, 0) is 29.0 Å². The van der Waals surface area contributed by atoms with E-state index in [1.165, 1.54) is 5.56 Å². The first-order valence-corrected chi connectivity index (χ1v) is 5.85. The molecule has 0 heterocycles. The summed E-state index contributed by atoms with van der Waals surface area (Å²) in [6, 6.07) is 8.07. The quantitative estimate of drug-likeness (QED) is 0.824. The zero-order valence-corrected chi connectivity index (χ0v) is 10.7. The van der Waals surface area contributed by atoms with Crippen molar-refractivity contribution in [3.63, 3.8) is 0 Å². The summed E-state index contributed by atoms with van der Waals surface area (Å²) in [7, 11) is 0. The number of benzene rings is 1. The van der Waals surface area contributed by atoms with Crippen LogP contribution in [0.1, 0.15) is 44.9 Å². The van der Waals surface area contributed by atoms with Crippen molar-refractivity contribution in [2.75, 3.05) is 6.54 Å². The Hall–Kier alpha value is -0.860. The van der Waals surface area contributed by atoms with Gasteiger partial charge in [-0.15, -0.1) is 0 Å². The molecule has 2 nitrogen and oxygen atoms in total. The minimum atomic E-state index is -0.472. The average molecular weight is 221 g/mol. The molecule has 3 N–H and O–H groups in total. The zero-order chi connectivity index (χ0) is 12.3. The van der Waals surface area contributed by atoms with Crippen LogP contribution in [0.15, 0.2) is 24.3 Å². The van der Waals surface area contributed by atoms with E-state index in [9.17, 15) is 5.11 Å². The molecule has 0 aliphatic rings. The van der Waals surface area contributed by atoms with Gasteiger partial charge in [0.1, 0.15) is 0 Å². The topological polar surface area (TPSA) is 46.2 Å². The number of aliphatic hydroxyl groups excluding tert-OH is 1. The summed E-state index contributed by atoms with van der Waals surface area (Å²) in [6.45, 7) is 8.95. The molecule has 2 atom stereocenters. The summed E-state index contributed by atoms with van der Waals surface area (Å²) < 4.78 is 0. The Bertz CT molecular complexity index is 341. The molecule has 1 aromatic carbocycles. The molecule has 0 fully saturated rings. The molecule has 0 aliphatic carbocycles. The van der Waals surface area contributed by atoms with E-state index in [0.717, 1.165) is 5.56 Å². The predicted molar refractivity (Wildman–Crippen MR) is 68.3 cm³/mol. The van der Waals surface area contributed by atoms with Crippen molar-refractivity contribution in [3.05, 3.63) is 35.4 Å². The van der Waals surface area contributed by atoms with Crippen LogP contribution >= 0.6 is 0 Å². The number of rotatable bonds is 3. The summed E-state index contributed by atoms with van der Waals surface area (Å²) in [4.78, 5) is 0. The molecule has 1 rings (SSSR count). The van der Waals surface area contributed by atoms with Gasteiger partial charge in [-0.1, -0.05) is 52.0 Å². The van der Waals surface area contributed by atoms with Crippen LogP contribution in [0.3, 0.4) is 0 Å². The van der Waals surface area contributed by atoms with E-state index >= 15 is 0 Å². The van der Waals surface area contributed by atoms with Gasteiger partial charge in [-0.2, -0.15) is 0 Å². The van der Waals surface area contributed by atoms with Crippen molar-refractivity contribution in [1.29, 1.82) is 0 Å². The average Bonchev–Trinajstić information content (AvgIpc) is 2.26. The molecule has 90 valence electrons. The van der Waals surface area contributed by atoms with Gasteiger partial charge in [0.25, 0.3) is 0 Å². The van der Waals surface area contributed by atoms with Gasteiger partial charge in [0.2, 0.25) is 0 Å². The summed E-state index contributed by atoms with van der Waals surface area (Å²) in [5.74, 6) is 0.0866. The first-order valence-electron chi connectivity index (χ1n) is 5.85. The summed E-state index contributed by atoms with van der Waals surface area (Å²) in [5, 5.41) is 10.3. The molecule has 16 heavy (non-hydrogen) atoms. The molecule has 2 heteroatoms. The largest absolute Gasteiger partial charge is 0.388 e. The van der Waals surface area contributed by atoms with Crippen molar-refractivity contribution in [3.8, 4) is 0 Å². The first kappa shape index (κ1) is 13.2. The Labute approximate surface area is 98.5 Å². The maximum absolute atomic E-state index is 10.3. The Kier molecular flexibility index (Phi) is 4.11. The highest BCUT2D eigenvalue weighted by Crippen LogP contribution is 2.32. The third-order valence-corrected chi connectivity index (χ3v) is 3.00. The monoisotopic (exact) mass is 221 g/mol. The minimum Gasteiger partial charge on any atom is -0.388 e. The van der Waals surface area contributed by atoms with Crippen LogP contribution in [0.5, 0.6) is 0 Å². The third-order valence-electron chi connectivity index (χ3n) is 3.00. The molecule has 0 saturated carbocycles. The van der Waals surface area contributed by atoms with E-state index in [2.05, 4.69) is 26.8 Å². The number of nitrogens with two attached hydrogens (primary N) is 1. The second kappa shape index (κ2) is 4.98. The highest BCUT2D eigenvalue weighted by Gasteiger charge is 2.23. The lowest BCUT2D eigenvalue weighted by molar-refractivity contribution is 0.120. The van der Waals surface area contributed by atoms with Gasteiger partial charge in [-0.25, -0.2) is 0 Å². The smallest absolute Gasteiger partial charge is 0.0830 e. The van der Waals surface area contributed by atoms with Crippen LogP contribution < -0.4 is 5.73 Å². The van der Waals surface area contributed by atoms with E-state index < -0.39 is 6.10 Å². The third kappa shape index (κ3) is 2.83. The van der Waals surface area contributed by atoms with Crippen molar-refractivity contribution in [1.82, 2.24) is 0 Å². The minimum absolute atomic E-state index is 0.0475. The first-order chi connectivity index (χ1) is 7.38. The van der Waals surface area contributed by atoms with Crippen molar-refractivity contribution in [2.24, 2.45) is 11.7 Å².